The van der Waals surface area contributed by atoms with Gasteiger partial charge in [-0.25, -0.2) is 0 Å². The molecule has 0 bridgehead atoms. The maximum atomic E-state index is 10.7. The van der Waals surface area contributed by atoms with E-state index in [1.807, 2.05) is 43.0 Å². The molecule has 0 spiro atoms. The fraction of sp³-hybridized carbons (Fsp3) is 0.357. The highest BCUT2D eigenvalue weighted by Gasteiger charge is 2.21. The van der Waals surface area contributed by atoms with Gasteiger partial charge in [-0.3, -0.25) is 4.68 Å². The maximum absolute atomic E-state index is 10.7. The van der Waals surface area contributed by atoms with Crippen molar-refractivity contribution in [3.8, 4) is 0 Å². The summed E-state index contributed by atoms with van der Waals surface area (Å²) in [5.41, 5.74) is 1.61. The van der Waals surface area contributed by atoms with Gasteiger partial charge in [0, 0.05) is 16.6 Å². The van der Waals surface area contributed by atoms with Crippen molar-refractivity contribution < 1.29 is 5.11 Å². The molecule has 0 radical (unpaired) electrons. The number of aromatic nitrogens is 2. The Morgan fingerprint density at radius 2 is 1.95 bits per heavy atom. The first-order valence-corrected chi connectivity index (χ1v) is 7.87. The summed E-state index contributed by atoms with van der Waals surface area (Å²) in [6, 6.07) is 7.67. The fourth-order valence-corrected chi connectivity index (χ4v) is 2.98. The van der Waals surface area contributed by atoms with Crippen LogP contribution in [0.15, 0.2) is 39.4 Å². The number of aliphatic hydroxyl groups excluding tert-OH is 1. The van der Waals surface area contributed by atoms with Crippen LogP contribution in [0.4, 0.5) is 0 Å². The predicted molar refractivity (Wildman–Crippen MR) is 86.7 cm³/mol. The summed E-state index contributed by atoms with van der Waals surface area (Å²) in [4.78, 5) is 2.09. The number of hydrogen-bond donors (Lipinski definition) is 1. The quantitative estimate of drug-likeness (QED) is 0.835. The molecule has 1 aromatic heterocycles. The molecule has 1 atom stereocenters. The summed E-state index contributed by atoms with van der Waals surface area (Å²) < 4.78 is 3.55. The molecular formula is C14H17Br2N3O. The first kappa shape index (κ1) is 15.7. The number of aliphatic hydroxyl groups is 1. The molecule has 1 N–H and O–H groups in total. The minimum atomic E-state index is -0.718. The second-order valence-electron chi connectivity index (χ2n) is 4.83. The molecule has 0 aliphatic carbocycles. The Labute approximate surface area is 135 Å². The second kappa shape index (κ2) is 6.85. The van der Waals surface area contributed by atoms with Crippen LogP contribution < -0.4 is 0 Å². The molecule has 6 heteroatoms. The van der Waals surface area contributed by atoms with E-state index in [9.17, 15) is 5.11 Å². The number of nitrogens with zero attached hydrogens (tertiary/aromatic N) is 3. The molecular weight excluding hydrogens is 386 g/mol. The smallest absolute Gasteiger partial charge is 0.123 e. The van der Waals surface area contributed by atoms with Crippen molar-refractivity contribution in [2.24, 2.45) is 0 Å². The molecule has 1 heterocycles. The molecule has 108 valence electrons. The van der Waals surface area contributed by atoms with Crippen LogP contribution in [-0.4, -0.2) is 40.4 Å². The van der Waals surface area contributed by atoms with Gasteiger partial charge in [-0.2, -0.15) is 5.10 Å². The average molecular weight is 403 g/mol. The molecule has 4 nitrogen and oxygen atoms in total. The third-order valence-electron chi connectivity index (χ3n) is 3.05. The van der Waals surface area contributed by atoms with Gasteiger partial charge in [0.15, 0.2) is 0 Å². The van der Waals surface area contributed by atoms with Crippen molar-refractivity contribution in [3.63, 3.8) is 0 Å². The molecule has 20 heavy (non-hydrogen) atoms. The maximum Gasteiger partial charge on any atom is 0.123 e. The Bertz CT molecular complexity index is 584. The first-order chi connectivity index (χ1) is 9.50. The SMILES string of the molecule is CN(C)CCn1ncc(Br)c1C(O)c1ccccc1Br. The first-order valence-electron chi connectivity index (χ1n) is 6.29. The van der Waals surface area contributed by atoms with E-state index in [2.05, 4.69) is 41.9 Å². The summed E-state index contributed by atoms with van der Waals surface area (Å²) in [6.07, 6.45) is 1.01. The summed E-state index contributed by atoms with van der Waals surface area (Å²) in [5.74, 6) is 0. The van der Waals surface area contributed by atoms with Gasteiger partial charge < -0.3 is 10.0 Å². The molecule has 2 rings (SSSR count). The Hall–Kier alpha value is -0.690. The Morgan fingerprint density at radius 1 is 1.25 bits per heavy atom. The Kier molecular flexibility index (Phi) is 5.37. The Morgan fingerprint density at radius 3 is 2.60 bits per heavy atom. The summed E-state index contributed by atoms with van der Waals surface area (Å²) in [7, 11) is 4.03. The van der Waals surface area contributed by atoms with E-state index in [1.165, 1.54) is 0 Å². The zero-order valence-electron chi connectivity index (χ0n) is 11.4. The summed E-state index contributed by atoms with van der Waals surface area (Å²) >= 11 is 6.95. The van der Waals surface area contributed by atoms with Crippen LogP contribution in [0.1, 0.15) is 17.4 Å². The van der Waals surface area contributed by atoms with E-state index < -0.39 is 6.10 Å². The van der Waals surface area contributed by atoms with Crippen LogP contribution in [-0.2, 0) is 6.54 Å². The van der Waals surface area contributed by atoms with Crippen LogP contribution in [0.25, 0.3) is 0 Å². The molecule has 0 fully saturated rings. The van der Waals surface area contributed by atoms with Gasteiger partial charge in [-0.15, -0.1) is 0 Å². The van der Waals surface area contributed by atoms with Gasteiger partial charge in [-0.1, -0.05) is 34.1 Å². The molecule has 0 aliphatic rings. The molecule has 1 unspecified atom stereocenters. The van der Waals surface area contributed by atoms with Crippen LogP contribution in [0.2, 0.25) is 0 Å². The molecule has 0 saturated carbocycles. The van der Waals surface area contributed by atoms with Crippen LogP contribution in [0.3, 0.4) is 0 Å². The van der Waals surface area contributed by atoms with Gasteiger partial charge >= 0.3 is 0 Å². The predicted octanol–water partition coefficient (Wildman–Crippen LogP) is 3.05. The highest BCUT2D eigenvalue weighted by atomic mass is 79.9. The van der Waals surface area contributed by atoms with E-state index in [0.717, 1.165) is 33.3 Å². The van der Waals surface area contributed by atoms with Gasteiger partial charge in [0.25, 0.3) is 0 Å². The van der Waals surface area contributed by atoms with E-state index in [0.29, 0.717) is 0 Å². The lowest BCUT2D eigenvalue weighted by atomic mass is 10.1. The van der Waals surface area contributed by atoms with E-state index in [-0.39, 0.29) is 0 Å². The van der Waals surface area contributed by atoms with E-state index in [4.69, 9.17) is 0 Å². The largest absolute Gasteiger partial charge is 0.382 e. The van der Waals surface area contributed by atoms with Crippen molar-refractivity contribution in [2.75, 3.05) is 20.6 Å². The van der Waals surface area contributed by atoms with Crippen molar-refractivity contribution in [1.29, 1.82) is 0 Å². The van der Waals surface area contributed by atoms with Crippen LogP contribution in [0.5, 0.6) is 0 Å². The van der Waals surface area contributed by atoms with Crippen molar-refractivity contribution in [3.05, 3.63) is 50.7 Å². The Balaban J connectivity index is 2.32. The normalized spacial score (nSPS) is 12.9. The lowest BCUT2D eigenvalue weighted by molar-refractivity contribution is 0.204. The third kappa shape index (κ3) is 3.49. The third-order valence-corrected chi connectivity index (χ3v) is 4.38. The molecule has 2 aromatic rings. The highest BCUT2D eigenvalue weighted by Crippen LogP contribution is 2.32. The molecule has 0 amide bonds. The minimum Gasteiger partial charge on any atom is -0.382 e. The zero-order chi connectivity index (χ0) is 14.7. The van der Waals surface area contributed by atoms with Crippen molar-refractivity contribution >= 4 is 31.9 Å². The van der Waals surface area contributed by atoms with Gasteiger partial charge in [0.2, 0.25) is 0 Å². The van der Waals surface area contributed by atoms with Crippen molar-refractivity contribution in [1.82, 2.24) is 14.7 Å². The summed E-state index contributed by atoms with van der Waals surface area (Å²) in [6.45, 7) is 1.60. The molecule has 1 aromatic carbocycles. The number of likely N-dealkylation sites (N-methyl/N-ethyl adjacent to an activating group) is 1. The van der Waals surface area contributed by atoms with Crippen molar-refractivity contribution in [2.45, 2.75) is 12.6 Å². The van der Waals surface area contributed by atoms with E-state index >= 15 is 0 Å². The van der Waals surface area contributed by atoms with Gasteiger partial charge in [-0.05, 0) is 36.1 Å². The van der Waals surface area contributed by atoms with Gasteiger partial charge in [0.1, 0.15) is 6.10 Å². The lowest BCUT2D eigenvalue weighted by Gasteiger charge is -2.17. The van der Waals surface area contributed by atoms with Crippen LogP contribution >= 0.6 is 31.9 Å². The van der Waals surface area contributed by atoms with Crippen LogP contribution in [0, 0.1) is 0 Å². The molecule has 0 aliphatic heterocycles. The number of hydrogen-bond acceptors (Lipinski definition) is 3. The average Bonchev–Trinajstić information content (AvgIpc) is 2.77. The fourth-order valence-electron chi connectivity index (χ4n) is 1.96. The number of halogens is 2. The topological polar surface area (TPSA) is 41.3 Å². The molecule has 0 saturated heterocycles. The highest BCUT2D eigenvalue weighted by molar-refractivity contribution is 9.10. The second-order valence-corrected chi connectivity index (χ2v) is 6.54. The standard InChI is InChI=1S/C14H17Br2N3O/c1-18(2)7-8-19-13(12(16)9-17-19)14(20)10-5-3-4-6-11(10)15/h3-6,9,14,20H,7-8H2,1-2H3. The number of benzene rings is 1. The number of rotatable bonds is 5. The monoisotopic (exact) mass is 401 g/mol. The minimum absolute atomic E-state index is 0.718. The lowest BCUT2D eigenvalue weighted by Crippen LogP contribution is -2.21. The zero-order valence-corrected chi connectivity index (χ0v) is 14.6. The van der Waals surface area contributed by atoms with E-state index in [1.54, 1.807) is 6.20 Å². The van der Waals surface area contributed by atoms with Gasteiger partial charge in [0.05, 0.1) is 22.9 Å². The summed E-state index contributed by atoms with van der Waals surface area (Å²) in [5, 5.41) is 15.0.